The van der Waals surface area contributed by atoms with Gasteiger partial charge in [0.25, 0.3) is 0 Å². The molecule has 4 amide bonds. The van der Waals surface area contributed by atoms with Crippen molar-refractivity contribution in [2.75, 3.05) is 41.0 Å². The summed E-state index contributed by atoms with van der Waals surface area (Å²) in [4.78, 5) is 61.8. The first-order valence-electron chi connectivity index (χ1n) is 16.3. The summed E-state index contributed by atoms with van der Waals surface area (Å²) in [6.07, 6.45) is 2.36. The average Bonchev–Trinajstić information content (AvgIpc) is 3.46. The lowest BCUT2D eigenvalue weighted by Crippen LogP contribution is -2.49. The molecule has 4 fully saturated rings. The van der Waals surface area contributed by atoms with Crippen LogP contribution < -0.4 is 14.7 Å². The highest BCUT2D eigenvalue weighted by molar-refractivity contribution is 6.32. The monoisotopic (exact) mass is 703 g/mol. The highest BCUT2D eigenvalue weighted by atomic mass is 35.5. The van der Waals surface area contributed by atoms with Gasteiger partial charge in [0.2, 0.25) is 23.6 Å². The second-order valence-corrected chi connectivity index (χ2v) is 14.4. The molecule has 3 aliphatic heterocycles. The summed E-state index contributed by atoms with van der Waals surface area (Å²) in [5.41, 5.74) is 1.53. The number of phenolic OH excluding ortho intramolecular Hbond substituents is 1. The van der Waals surface area contributed by atoms with Gasteiger partial charge in [-0.15, -0.1) is 0 Å². The quantitative estimate of drug-likeness (QED) is 0.258. The fraction of sp³-hybridized carbons (Fsp3) is 0.351. The number of aromatic hydroxyl groups is 1. The van der Waals surface area contributed by atoms with E-state index in [0.717, 1.165) is 35.3 Å². The molecule has 5 aliphatic rings. The zero-order valence-corrected chi connectivity index (χ0v) is 28.0. The summed E-state index contributed by atoms with van der Waals surface area (Å²) in [5.74, 6) is -5.99. The third-order valence-electron chi connectivity index (χ3n) is 11.2. The molecular weight excluding hydrogens is 672 g/mol. The first-order chi connectivity index (χ1) is 23.5. The first kappa shape index (κ1) is 32.0. The Morgan fingerprint density at radius 1 is 0.816 bits per heavy atom. The number of rotatable bonds is 4. The smallest absolute Gasteiger partial charge is 0.241 e. The molecule has 1 saturated carbocycles. The summed E-state index contributed by atoms with van der Waals surface area (Å²) in [6, 6.07) is 15.6. The van der Waals surface area contributed by atoms with Crippen molar-refractivity contribution in [3.8, 4) is 5.75 Å². The van der Waals surface area contributed by atoms with E-state index in [1.54, 1.807) is 25.1 Å². The summed E-state index contributed by atoms with van der Waals surface area (Å²) in [6.45, 7) is 4.49. The SMILES string of the molecule is C[C@@]12C(=O)N(c3ccc(F)c(Cl)c3)C(=O)[C@@H]1C[C@@H]1C(=CC[C@@H]3C(=O)N(c4ccc(N5CCOCC5)cc4)C(=O)[C@@H]31)[C@@H]2c1ccc(O)cc1Cl. The Labute approximate surface area is 291 Å². The predicted octanol–water partition coefficient (Wildman–Crippen LogP) is 6.11. The number of phenols is 1. The lowest BCUT2D eigenvalue weighted by atomic mass is 9.51. The van der Waals surface area contributed by atoms with Gasteiger partial charge in [-0.25, -0.2) is 9.29 Å². The van der Waals surface area contributed by atoms with Crippen LogP contribution in [0, 0.1) is 34.9 Å². The Balaban J connectivity index is 1.19. The molecule has 9 nitrogen and oxygen atoms in total. The number of benzene rings is 3. The molecule has 49 heavy (non-hydrogen) atoms. The number of amides is 4. The molecule has 0 aromatic heterocycles. The van der Waals surface area contributed by atoms with Gasteiger partial charge < -0.3 is 14.7 Å². The largest absolute Gasteiger partial charge is 0.508 e. The number of allylic oxidation sites excluding steroid dienone is 2. The van der Waals surface area contributed by atoms with Crippen molar-refractivity contribution < 1.29 is 33.4 Å². The topological polar surface area (TPSA) is 107 Å². The van der Waals surface area contributed by atoms with Crippen molar-refractivity contribution in [3.05, 3.63) is 93.7 Å². The summed E-state index contributed by atoms with van der Waals surface area (Å²) in [7, 11) is 0. The fourth-order valence-corrected chi connectivity index (χ4v) is 9.33. The Hall–Kier alpha value is -4.25. The van der Waals surface area contributed by atoms with Crippen LogP contribution in [0.3, 0.4) is 0 Å². The molecule has 12 heteroatoms. The van der Waals surface area contributed by atoms with Gasteiger partial charge in [0.1, 0.15) is 11.6 Å². The van der Waals surface area contributed by atoms with Crippen LogP contribution in [-0.4, -0.2) is 55.0 Å². The number of carbonyl (C=O) groups is 4. The molecule has 1 N–H and O–H groups in total. The van der Waals surface area contributed by atoms with Gasteiger partial charge in [0.05, 0.1) is 52.8 Å². The van der Waals surface area contributed by atoms with E-state index in [1.807, 2.05) is 18.2 Å². The van der Waals surface area contributed by atoms with E-state index < -0.39 is 52.6 Å². The van der Waals surface area contributed by atoms with E-state index in [2.05, 4.69) is 4.90 Å². The maximum absolute atomic E-state index is 14.5. The van der Waals surface area contributed by atoms with Gasteiger partial charge in [0, 0.05) is 29.7 Å². The van der Waals surface area contributed by atoms with Crippen LogP contribution in [0.5, 0.6) is 5.75 Å². The van der Waals surface area contributed by atoms with Crippen molar-refractivity contribution in [2.45, 2.75) is 25.7 Å². The van der Waals surface area contributed by atoms with Crippen LogP contribution in [0.4, 0.5) is 21.5 Å². The lowest BCUT2D eigenvalue weighted by molar-refractivity contribution is -0.131. The van der Waals surface area contributed by atoms with Crippen LogP contribution in [0.15, 0.2) is 72.3 Å². The van der Waals surface area contributed by atoms with E-state index in [4.69, 9.17) is 27.9 Å². The molecule has 0 radical (unpaired) electrons. The van der Waals surface area contributed by atoms with Crippen LogP contribution in [0.1, 0.15) is 31.2 Å². The van der Waals surface area contributed by atoms with Gasteiger partial charge in [-0.1, -0.05) is 40.9 Å². The zero-order valence-electron chi connectivity index (χ0n) is 26.4. The Bertz CT molecular complexity index is 1960. The van der Waals surface area contributed by atoms with Crippen LogP contribution in [0.25, 0.3) is 0 Å². The average molecular weight is 705 g/mol. The minimum absolute atomic E-state index is 0.0660. The molecule has 0 spiro atoms. The predicted molar refractivity (Wildman–Crippen MR) is 181 cm³/mol. The molecule has 6 atom stereocenters. The molecular formula is C37H32Cl2FN3O6. The van der Waals surface area contributed by atoms with Crippen LogP contribution in [-0.2, 0) is 23.9 Å². The molecule has 2 aliphatic carbocycles. The number of fused-ring (bicyclic) bond motifs is 4. The number of nitrogens with zero attached hydrogens (tertiary/aromatic N) is 3. The maximum Gasteiger partial charge on any atom is 0.241 e. The van der Waals surface area contributed by atoms with Crippen molar-refractivity contribution in [3.63, 3.8) is 0 Å². The van der Waals surface area contributed by atoms with Gasteiger partial charge in [0.15, 0.2) is 0 Å². The molecule has 8 rings (SSSR count). The Morgan fingerprint density at radius 3 is 2.20 bits per heavy atom. The summed E-state index contributed by atoms with van der Waals surface area (Å²) >= 11 is 12.8. The van der Waals surface area contributed by atoms with Crippen molar-refractivity contribution >= 4 is 63.9 Å². The van der Waals surface area contributed by atoms with Crippen molar-refractivity contribution in [2.24, 2.45) is 29.1 Å². The molecule has 0 bridgehead atoms. The normalized spacial score (nSPS) is 29.6. The van der Waals surface area contributed by atoms with Crippen molar-refractivity contribution in [1.82, 2.24) is 0 Å². The van der Waals surface area contributed by atoms with E-state index in [-0.39, 0.29) is 46.1 Å². The van der Waals surface area contributed by atoms with Gasteiger partial charge in [-0.2, -0.15) is 0 Å². The number of hydrogen-bond donors (Lipinski definition) is 1. The van der Waals surface area contributed by atoms with Crippen molar-refractivity contribution in [1.29, 1.82) is 0 Å². The third kappa shape index (κ3) is 4.75. The minimum Gasteiger partial charge on any atom is -0.508 e. The molecule has 3 aromatic rings. The number of carbonyl (C=O) groups excluding carboxylic acids is 4. The molecule has 3 saturated heterocycles. The molecule has 252 valence electrons. The zero-order chi connectivity index (χ0) is 34.4. The van der Waals surface area contributed by atoms with E-state index in [0.29, 0.717) is 24.5 Å². The summed E-state index contributed by atoms with van der Waals surface area (Å²) < 4.78 is 19.6. The van der Waals surface area contributed by atoms with E-state index >= 15 is 0 Å². The maximum atomic E-state index is 14.5. The number of anilines is 3. The number of halogens is 3. The third-order valence-corrected chi connectivity index (χ3v) is 11.8. The standard InChI is InChI=1S/C37H32Cl2FN3O6/c1-37-27(34(46)43(36(37)48)21-6-11-30(40)29(39)16-21)18-26-23(32(37)24-8-7-22(44)17-28(24)38)9-10-25-31(26)35(47)42(33(25)45)20-4-2-19(3-5-20)41-12-14-49-15-13-41/h2-9,11,16-17,25-27,31-32,44H,10,12-15,18H2,1H3/t25-,26+,27-,31-,32+,37+/m0/s1. The minimum atomic E-state index is -1.35. The Morgan fingerprint density at radius 2 is 1.51 bits per heavy atom. The fourth-order valence-electron chi connectivity index (χ4n) is 8.87. The first-order valence-corrected chi connectivity index (χ1v) is 17.1. The van der Waals surface area contributed by atoms with Gasteiger partial charge in [-0.05, 0) is 85.8 Å². The molecule has 0 unspecified atom stereocenters. The van der Waals surface area contributed by atoms with E-state index in [1.165, 1.54) is 29.2 Å². The van der Waals surface area contributed by atoms with Crippen LogP contribution >= 0.6 is 23.2 Å². The van der Waals surface area contributed by atoms with E-state index in [9.17, 15) is 28.7 Å². The second kappa shape index (κ2) is 11.7. The number of morpholine rings is 1. The molecule has 3 heterocycles. The Kier molecular flexibility index (Phi) is 7.62. The lowest BCUT2D eigenvalue weighted by Gasteiger charge is -2.49. The van der Waals surface area contributed by atoms with Crippen LogP contribution in [0.2, 0.25) is 10.0 Å². The highest BCUT2D eigenvalue weighted by Crippen LogP contribution is 2.64. The van der Waals surface area contributed by atoms with Gasteiger partial charge in [-0.3, -0.25) is 24.1 Å². The second-order valence-electron chi connectivity index (χ2n) is 13.6. The number of hydrogen-bond acceptors (Lipinski definition) is 7. The number of ether oxygens (including phenoxy) is 1. The molecule has 3 aromatic carbocycles. The summed E-state index contributed by atoms with van der Waals surface area (Å²) in [5, 5.41) is 10.2. The van der Waals surface area contributed by atoms with Gasteiger partial charge >= 0.3 is 0 Å². The number of imide groups is 2. The highest BCUT2D eigenvalue weighted by Gasteiger charge is 2.68.